The van der Waals surface area contributed by atoms with Crippen molar-refractivity contribution in [2.45, 2.75) is 134 Å². The maximum absolute atomic E-state index is 12.6. The highest BCUT2D eigenvalue weighted by Crippen LogP contribution is 2.39. The molecule has 0 aromatic heterocycles. The molecule has 2 heterocycles. The largest absolute Gasteiger partial charge is 0.531 e. The second-order valence-corrected chi connectivity index (χ2v) is 25.8. The van der Waals surface area contributed by atoms with Crippen molar-refractivity contribution in [3.8, 4) is 0 Å². The second kappa shape index (κ2) is 36.9. The topological polar surface area (TPSA) is 399 Å². The molecule has 91 heavy (non-hydrogen) atoms. The van der Waals surface area contributed by atoms with E-state index >= 15 is 0 Å². The molecule has 4 atom stereocenters. The van der Waals surface area contributed by atoms with Crippen LogP contribution in [-0.2, 0) is 61.8 Å². The number of nitrogens with one attached hydrogen (secondary N) is 3. The van der Waals surface area contributed by atoms with Crippen molar-refractivity contribution < 1.29 is 107 Å². The van der Waals surface area contributed by atoms with Gasteiger partial charge in [0.1, 0.15) is 0 Å². The van der Waals surface area contributed by atoms with E-state index in [1.165, 1.54) is 36.4 Å². The number of rotatable bonds is 31. The van der Waals surface area contributed by atoms with Crippen LogP contribution in [0.4, 0.5) is 0 Å². The van der Waals surface area contributed by atoms with E-state index in [-0.39, 0.29) is 94.2 Å². The molecule has 0 spiro atoms. The fraction of sp³-hybridized carbons (Fsp3) is 0.474. The number of halogens is 6. The number of aliphatic carboxylic acids is 4. The zero-order valence-electron chi connectivity index (χ0n) is 50.1. The highest BCUT2D eigenvalue weighted by atomic mass is 79.9. The number of benzene rings is 3. The van der Waals surface area contributed by atoms with Gasteiger partial charge in [0.05, 0.1) is 77.1 Å². The van der Waals surface area contributed by atoms with Crippen molar-refractivity contribution in [3.63, 3.8) is 0 Å². The summed E-state index contributed by atoms with van der Waals surface area (Å²) in [6, 6.07) is 13.5. The Kier molecular flexibility index (Phi) is 32.1. The molecular formula is C57H68B3BrCl5N3O22. The monoisotopic (exact) mass is 1430 g/mol. The van der Waals surface area contributed by atoms with E-state index in [0.717, 1.165) is 0 Å². The van der Waals surface area contributed by atoms with Gasteiger partial charge < -0.3 is 65.0 Å². The van der Waals surface area contributed by atoms with Gasteiger partial charge in [-0.3, -0.25) is 52.7 Å². The van der Waals surface area contributed by atoms with Crippen molar-refractivity contribution in [2.75, 3.05) is 19.6 Å². The molecule has 34 heteroatoms. The molecule has 3 amide bonds. The molecule has 0 bridgehead atoms. The summed E-state index contributed by atoms with van der Waals surface area (Å²) in [6.07, 6.45) is -2.72. The molecule has 25 nitrogen and oxygen atoms in total. The molecule has 5 rings (SSSR count). The maximum atomic E-state index is 12.6. The van der Waals surface area contributed by atoms with Crippen LogP contribution in [0.15, 0.2) is 59.1 Å². The van der Waals surface area contributed by atoms with Crippen LogP contribution in [0.1, 0.15) is 137 Å². The summed E-state index contributed by atoms with van der Waals surface area (Å²) in [5.41, 5.74) is -4.03. The number of carbonyl (C=O) groups excluding carboxylic acids is 8. The van der Waals surface area contributed by atoms with Crippen LogP contribution in [0.5, 0.6) is 0 Å². The van der Waals surface area contributed by atoms with E-state index in [2.05, 4.69) is 31.9 Å². The highest BCUT2D eigenvalue weighted by Gasteiger charge is 2.58. The molecule has 9 N–H and O–H groups in total. The molecule has 2 fully saturated rings. The summed E-state index contributed by atoms with van der Waals surface area (Å²) in [7, 11) is -4.30. The lowest BCUT2D eigenvalue weighted by Crippen LogP contribution is -2.56. The van der Waals surface area contributed by atoms with Crippen LogP contribution in [0, 0.1) is 17.8 Å². The number of hydrogen-bond acceptors (Lipinski definition) is 18. The van der Waals surface area contributed by atoms with Gasteiger partial charge in [-0.2, -0.15) is 0 Å². The van der Waals surface area contributed by atoms with E-state index in [1.54, 1.807) is 18.2 Å². The Hall–Kier alpha value is -6.14. The predicted octanol–water partition coefficient (Wildman–Crippen LogP) is 8.38. The van der Waals surface area contributed by atoms with E-state index in [0.29, 0.717) is 33.8 Å². The van der Waals surface area contributed by atoms with Gasteiger partial charge in [0.2, 0.25) is 0 Å². The molecule has 3 aromatic rings. The van der Waals surface area contributed by atoms with Crippen LogP contribution >= 0.6 is 73.9 Å². The van der Waals surface area contributed by atoms with E-state index in [1.807, 2.05) is 41.5 Å². The van der Waals surface area contributed by atoms with Gasteiger partial charge >= 0.3 is 51.2 Å². The Bertz CT molecular complexity index is 3140. The first-order valence-corrected chi connectivity index (χ1v) is 30.8. The van der Waals surface area contributed by atoms with Gasteiger partial charge in [-0.1, -0.05) is 115 Å². The second-order valence-electron chi connectivity index (χ2n) is 22.8. The van der Waals surface area contributed by atoms with Crippen molar-refractivity contribution >= 4 is 166 Å². The van der Waals surface area contributed by atoms with Gasteiger partial charge in [0, 0.05) is 51.2 Å². The van der Waals surface area contributed by atoms with Crippen molar-refractivity contribution in [2.24, 2.45) is 17.8 Å². The SMILES string of the molecule is CC(C)C[C@H](CC(=O)CNC(=O)c1cc(Br)ccc1Cl)B(O)O.CC(C)C[C@H](CC(=O)CNC(=O)c1cc(Cl)ccc1Cl)B1OC(=O)C(CC(=O)O)(CC(=O)O)O1.CC(C)C[C@H](CC(=O)CNC(=O)c1cc(Cl)ccc1Cl)B1OC(=O)CC(CC(=O)O)(C(=O)O)O1. The minimum atomic E-state index is -2.30. The predicted molar refractivity (Wildman–Crippen MR) is 338 cm³/mol. The minimum Gasteiger partial charge on any atom is -0.509 e. The van der Waals surface area contributed by atoms with Gasteiger partial charge in [-0.15, -0.1) is 0 Å². The third-order valence-corrected chi connectivity index (χ3v) is 15.4. The Morgan fingerprint density at radius 2 is 0.934 bits per heavy atom. The molecule has 2 saturated heterocycles. The first kappa shape index (κ1) is 79.1. The maximum Gasteiger partial charge on any atom is 0.531 e. The minimum absolute atomic E-state index is 0.000545. The average molecular weight is 1440 g/mol. The van der Waals surface area contributed by atoms with Gasteiger partial charge in [-0.05, 0) is 91.6 Å². The Balaban J connectivity index is 0.000000364. The number of carbonyl (C=O) groups is 12. The van der Waals surface area contributed by atoms with Crippen LogP contribution in [0.2, 0.25) is 42.6 Å². The lowest BCUT2D eigenvalue weighted by atomic mass is 9.63. The number of ketones is 3. The zero-order chi connectivity index (χ0) is 68.8. The zero-order valence-corrected chi connectivity index (χ0v) is 55.4. The smallest absolute Gasteiger partial charge is 0.509 e. The molecule has 494 valence electrons. The first-order chi connectivity index (χ1) is 42.3. The fourth-order valence-electron chi connectivity index (χ4n) is 9.55. The van der Waals surface area contributed by atoms with Gasteiger partial charge in [0.25, 0.3) is 23.7 Å². The number of Topliss-reactive ketones (excluding diaryl/α,β-unsaturated/α-hetero) is 3. The number of amides is 3. The molecule has 0 radical (unpaired) electrons. The molecule has 1 unspecified atom stereocenters. The summed E-state index contributed by atoms with van der Waals surface area (Å²) in [4.78, 5) is 144. The van der Waals surface area contributed by atoms with Crippen LogP contribution < -0.4 is 16.0 Å². The number of carboxylic acids is 4. The van der Waals surface area contributed by atoms with Gasteiger partial charge in [0.15, 0.2) is 28.6 Å². The van der Waals surface area contributed by atoms with Crippen LogP contribution in [0.25, 0.3) is 0 Å². The third kappa shape index (κ3) is 26.4. The summed E-state index contributed by atoms with van der Waals surface area (Å²) >= 11 is 33.0. The van der Waals surface area contributed by atoms with Crippen molar-refractivity contribution in [3.05, 3.63) is 101 Å². The van der Waals surface area contributed by atoms with Crippen molar-refractivity contribution in [1.82, 2.24) is 16.0 Å². The summed E-state index contributed by atoms with van der Waals surface area (Å²) in [6.45, 7) is 10.4. The van der Waals surface area contributed by atoms with Crippen LogP contribution in [0.3, 0.4) is 0 Å². The molecule has 2 aliphatic rings. The molecular weight excluding hydrogens is 1370 g/mol. The van der Waals surface area contributed by atoms with E-state index in [4.69, 9.17) is 91.9 Å². The highest BCUT2D eigenvalue weighted by molar-refractivity contribution is 9.10. The lowest BCUT2D eigenvalue weighted by molar-refractivity contribution is -0.175. The molecule has 0 saturated carbocycles. The lowest BCUT2D eigenvalue weighted by Gasteiger charge is -2.37. The van der Waals surface area contributed by atoms with Crippen molar-refractivity contribution in [1.29, 1.82) is 0 Å². The molecule has 0 aliphatic carbocycles. The Morgan fingerprint density at radius 3 is 1.32 bits per heavy atom. The summed E-state index contributed by atoms with van der Waals surface area (Å²) < 4.78 is 22.2. The summed E-state index contributed by atoms with van der Waals surface area (Å²) in [5, 5.41) is 64.3. The quantitative estimate of drug-likeness (QED) is 0.0273. The molecule has 2 aliphatic heterocycles. The Morgan fingerprint density at radius 1 is 0.549 bits per heavy atom. The average Bonchev–Trinajstić information content (AvgIpc) is 1.79. The van der Waals surface area contributed by atoms with E-state index in [9.17, 15) is 72.7 Å². The normalized spacial score (nSPS) is 16.0. The number of hydrogen-bond donors (Lipinski definition) is 9. The third-order valence-electron chi connectivity index (χ3n) is 13.5. The van der Waals surface area contributed by atoms with E-state index < -0.39 is 141 Å². The fourth-order valence-corrected chi connectivity index (χ4v) is 10.9. The van der Waals surface area contributed by atoms with Crippen LogP contribution in [-0.4, -0.2) is 154 Å². The molecule has 3 aromatic carbocycles. The Labute approximate surface area is 558 Å². The number of carboxylic acid groups (broad SMARTS) is 4. The first-order valence-electron chi connectivity index (χ1n) is 28.1. The standard InChI is InChI=1S/2C21H24BCl2NO9.C15H20BBrClNO4/c1-11(2)5-12(22-33-18(29)9-21(34-22,20(31)32)8-17(27)28)6-14(26)10-25-19(30)15-7-13(23)3-4-16(15)24;1-11(2)5-12(22-33-20(32)21(34-22,8-17(27)28)9-18(29)30)6-14(26)10-25-19(31)15-7-13(23)3-4-16(15)24;1-9(2)5-10(16(22)23)6-12(20)8-19-15(21)13-7-11(17)3-4-14(13)18/h3-4,7,11-12H,5-6,8-10H2,1-2H3,(H,25,30)(H,27,28)(H,31,32);3-4,7,11-12H,5-6,8-10H2,1-2H3,(H,25,31)(H,27,28)(H,29,30);3-4,7,9-10,22-23H,5-6,8H2,1-2H3,(H,19,21)/t12-,21?;12-;10-/m111/s1. The van der Waals surface area contributed by atoms with Gasteiger partial charge in [-0.25, -0.2) is 4.79 Å². The summed E-state index contributed by atoms with van der Waals surface area (Å²) in [5.74, 6) is -12.5.